The molecule has 0 bridgehead atoms. The van der Waals surface area contributed by atoms with Gasteiger partial charge in [-0.1, -0.05) is 0 Å². The Bertz CT molecular complexity index is 486. The SMILES string of the molecule is C[C@@H]1Cc2nn3c(c2CN1)C(F)(F)CCC(CO)C3. The minimum absolute atomic E-state index is 0.0608. The predicted molar refractivity (Wildman–Crippen MR) is 65.9 cm³/mol. The van der Waals surface area contributed by atoms with Crippen LogP contribution in [0.15, 0.2) is 0 Å². The van der Waals surface area contributed by atoms with Crippen molar-refractivity contribution in [1.82, 2.24) is 15.1 Å². The number of aliphatic hydroxyl groups excluding tert-OH is 1. The third-order valence-corrected chi connectivity index (χ3v) is 4.16. The maximum atomic E-state index is 14.3. The van der Waals surface area contributed by atoms with E-state index in [-0.39, 0.29) is 30.7 Å². The molecule has 0 spiro atoms. The number of aromatic nitrogens is 2. The van der Waals surface area contributed by atoms with Crippen LogP contribution in [0.1, 0.15) is 36.7 Å². The molecular weight excluding hydrogens is 252 g/mol. The number of nitrogens with one attached hydrogen (secondary N) is 1. The summed E-state index contributed by atoms with van der Waals surface area (Å²) in [6.07, 6.45) is 0.826. The van der Waals surface area contributed by atoms with E-state index in [1.165, 1.54) is 4.68 Å². The van der Waals surface area contributed by atoms with Gasteiger partial charge in [0.1, 0.15) is 5.69 Å². The minimum Gasteiger partial charge on any atom is -0.396 e. The minimum atomic E-state index is -2.84. The summed E-state index contributed by atoms with van der Waals surface area (Å²) >= 11 is 0. The van der Waals surface area contributed by atoms with Gasteiger partial charge < -0.3 is 10.4 Å². The number of hydrogen-bond donors (Lipinski definition) is 2. The van der Waals surface area contributed by atoms with Crippen LogP contribution < -0.4 is 5.32 Å². The van der Waals surface area contributed by atoms with Gasteiger partial charge in [0, 0.05) is 50.1 Å². The number of alkyl halides is 2. The largest absolute Gasteiger partial charge is 0.396 e. The highest BCUT2D eigenvalue weighted by molar-refractivity contribution is 5.32. The molecule has 1 aromatic heterocycles. The lowest BCUT2D eigenvalue weighted by atomic mass is 9.97. The fourth-order valence-corrected chi connectivity index (χ4v) is 3.07. The lowest BCUT2D eigenvalue weighted by Gasteiger charge is -2.22. The van der Waals surface area contributed by atoms with Crippen molar-refractivity contribution in [3.05, 3.63) is 17.0 Å². The molecule has 0 aromatic carbocycles. The summed E-state index contributed by atoms with van der Waals surface area (Å²) in [6.45, 7) is 2.82. The van der Waals surface area contributed by atoms with E-state index in [1.807, 2.05) is 6.92 Å². The van der Waals surface area contributed by atoms with Gasteiger partial charge in [0.25, 0.3) is 5.92 Å². The predicted octanol–water partition coefficient (Wildman–Crippen LogP) is 1.41. The van der Waals surface area contributed by atoms with Gasteiger partial charge in [-0.25, -0.2) is 0 Å². The van der Waals surface area contributed by atoms with Crippen LogP contribution in [0.3, 0.4) is 0 Å². The fraction of sp³-hybridized carbons (Fsp3) is 0.769. The van der Waals surface area contributed by atoms with Gasteiger partial charge in [-0.3, -0.25) is 4.68 Å². The molecule has 1 aromatic rings. The average molecular weight is 271 g/mol. The second-order valence-electron chi connectivity index (χ2n) is 5.73. The maximum absolute atomic E-state index is 14.3. The van der Waals surface area contributed by atoms with Crippen molar-refractivity contribution in [2.75, 3.05) is 6.61 Å². The number of hydrogen-bond acceptors (Lipinski definition) is 3. The van der Waals surface area contributed by atoms with E-state index in [2.05, 4.69) is 10.4 Å². The molecule has 19 heavy (non-hydrogen) atoms. The Morgan fingerprint density at radius 2 is 2.32 bits per heavy atom. The molecule has 1 unspecified atom stereocenters. The molecule has 2 atom stereocenters. The first kappa shape index (κ1) is 13.0. The fourth-order valence-electron chi connectivity index (χ4n) is 3.07. The first-order chi connectivity index (χ1) is 9.01. The average Bonchev–Trinajstić information content (AvgIpc) is 2.65. The van der Waals surface area contributed by atoms with Crippen molar-refractivity contribution >= 4 is 0 Å². The van der Waals surface area contributed by atoms with Crippen LogP contribution in [0.4, 0.5) is 8.78 Å². The molecule has 0 amide bonds. The first-order valence-electron chi connectivity index (χ1n) is 6.82. The van der Waals surface area contributed by atoms with E-state index in [4.69, 9.17) is 0 Å². The number of fused-ring (bicyclic) bond motifs is 3. The number of aliphatic hydroxyl groups is 1. The van der Waals surface area contributed by atoms with Crippen LogP contribution in [0.5, 0.6) is 0 Å². The molecular formula is C13H19F2N3O. The van der Waals surface area contributed by atoms with E-state index in [0.717, 1.165) is 5.69 Å². The summed E-state index contributed by atoms with van der Waals surface area (Å²) in [5.74, 6) is -2.97. The quantitative estimate of drug-likeness (QED) is 0.812. The van der Waals surface area contributed by atoms with Gasteiger partial charge in [-0.15, -0.1) is 0 Å². The van der Waals surface area contributed by atoms with E-state index in [0.29, 0.717) is 31.5 Å². The Labute approximate surface area is 110 Å². The normalized spacial score (nSPS) is 29.5. The summed E-state index contributed by atoms with van der Waals surface area (Å²) in [5.41, 5.74) is 1.53. The van der Waals surface area contributed by atoms with Crippen molar-refractivity contribution < 1.29 is 13.9 Å². The standard InChI is InChI=1S/C13H19F2N3O/c1-8-4-11-10(5-16-8)12-13(14,15)3-2-9(7-19)6-18(12)17-11/h8-9,16,19H,2-7H2,1H3/t8-,9?/m1/s1. The molecule has 2 aliphatic heterocycles. The topological polar surface area (TPSA) is 50.1 Å². The molecule has 0 saturated heterocycles. The summed E-state index contributed by atoms with van der Waals surface area (Å²) in [4.78, 5) is 0. The first-order valence-corrected chi connectivity index (χ1v) is 6.82. The van der Waals surface area contributed by atoms with E-state index in [9.17, 15) is 13.9 Å². The lowest BCUT2D eigenvalue weighted by molar-refractivity contribution is -0.0222. The van der Waals surface area contributed by atoms with Gasteiger partial charge in [0.2, 0.25) is 0 Å². The zero-order valence-corrected chi connectivity index (χ0v) is 11.0. The van der Waals surface area contributed by atoms with Crippen LogP contribution >= 0.6 is 0 Å². The van der Waals surface area contributed by atoms with Crippen molar-refractivity contribution in [3.63, 3.8) is 0 Å². The molecule has 0 saturated carbocycles. The Kier molecular flexibility index (Phi) is 3.09. The van der Waals surface area contributed by atoms with Crippen LogP contribution in [0, 0.1) is 5.92 Å². The van der Waals surface area contributed by atoms with Crippen LogP contribution in [0.25, 0.3) is 0 Å². The van der Waals surface area contributed by atoms with Crippen molar-refractivity contribution in [3.8, 4) is 0 Å². The molecule has 0 radical (unpaired) electrons. The monoisotopic (exact) mass is 271 g/mol. The summed E-state index contributed by atoms with van der Waals surface area (Å²) in [5, 5.41) is 16.9. The van der Waals surface area contributed by atoms with Gasteiger partial charge >= 0.3 is 0 Å². The zero-order chi connectivity index (χ0) is 13.6. The summed E-state index contributed by atoms with van der Waals surface area (Å²) in [6, 6.07) is 0.272. The molecule has 2 N–H and O–H groups in total. The highest BCUT2D eigenvalue weighted by Gasteiger charge is 2.42. The Morgan fingerprint density at radius 3 is 3.05 bits per heavy atom. The highest BCUT2D eigenvalue weighted by atomic mass is 19.3. The third kappa shape index (κ3) is 2.17. The van der Waals surface area contributed by atoms with Crippen LogP contribution in [-0.2, 0) is 25.4 Å². The van der Waals surface area contributed by atoms with Gasteiger partial charge in [0.15, 0.2) is 0 Å². The number of rotatable bonds is 1. The molecule has 3 rings (SSSR count). The highest BCUT2D eigenvalue weighted by Crippen LogP contribution is 2.41. The molecule has 0 fully saturated rings. The van der Waals surface area contributed by atoms with E-state index >= 15 is 0 Å². The Morgan fingerprint density at radius 1 is 1.53 bits per heavy atom. The van der Waals surface area contributed by atoms with Crippen molar-refractivity contribution in [2.24, 2.45) is 5.92 Å². The smallest absolute Gasteiger partial charge is 0.289 e. The molecule has 0 aliphatic carbocycles. The molecule has 2 aliphatic rings. The maximum Gasteiger partial charge on any atom is 0.289 e. The number of nitrogens with zero attached hydrogens (tertiary/aromatic N) is 2. The summed E-state index contributed by atoms with van der Waals surface area (Å²) < 4.78 is 30.1. The van der Waals surface area contributed by atoms with E-state index < -0.39 is 5.92 Å². The number of halogens is 2. The molecule has 6 heteroatoms. The Balaban J connectivity index is 2.06. The zero-order valence-electron chi connectivity index (χ0n) is 11.0. The lowest BCUT2D eigenvalue weighted by Crippen LogP contribution is -2.33. The molecule has 3 heterocycles. The van der Waals surface area contributed by atoms with Gasteiger partial charge in [-0.05, 0) is 13.3 Å². The Hall–Kier alpha value is -1.01. The molecule has 4 nitrogen and oxygen atoms in total. The van der Waals surface area contributed by atoms with Crippen LogP contribution in [-0.4, -0.2) is 27.5 Å². The van der Waals surface area contributed by atoms with Crippen molar-refractivity contribution in [2.45, 2.75) is 51.2 Å². The third-order valence-electron chi connectivity index (χ3n) is 4.16. The summed E-state index contributed by atoms with van der Waals surface area (Å²) in [7, 11) is 0. The van der Waals surface area contributed by atoms with Gasteiger partial charge in [-0.2, -0.15) is 13.9 Å². The van der Waals surface area contributed by atoms with Crippen molar-refractivity contribution in [1.29, 1.82) is 0 Å². The molecule has 106 valence electrons. The van der Waals surface area contributed by atoms with E-state index in [1.54, 1.807) is 0 Å². The van der Waals surface area contributed by atoms with Crippen LogP contribution in [0.2, 0.25) is 0 Å². The second kappa shape index (κ2) is 4.52. The van der Waals surface area contributed by atoms with Gasteiger partial charge in [0.05, 0.1) is 5.69 Å². The second-order valence-corrected chi connectivity index (χ2v) is 5.73.